The van der Waals surface area contributed by atoms with Crippen LogP contribution in [-0.2, 0) is 9.47 Å². The first-order valence-corrected chi connectivity index (χ1v) is 5.54. The third kappa shape index (κ3) is 11.3. The molecule has 0 aliphatic heterocycles. The van der Waals surface area contributed by atoms with Crippen LogP contribution in [0.15, 0.2) is 0 Å². The lowest BCUT2D eigenvalue weighted by molar-refractivity contribution is 0.0726. The largest absolute Gasteiger partial charge is 0.382 e. The summed E-state index contributed by atoms with van der Waals surface area (Å²) in [5.74, 6) is 0. The second-order valence-corrected chi connectivity index (χ2v) is 4.78. The van der Waals surface area contributed by atoms with E-state index in [1.165, 1.54) is 0 Å². The summed E-state index contributed by atoms with van der Waals surface area (Å²) < 4.78 is 10.0. The van der Waals surface area contributed by atoms with Crippen molar-refractivity contribution in [2.45, 2.75) is 20.8 Å². The van der Waals surface area contributed by atoms with Gasteiger partial charge in [-0.05, 0) is 5.41 Å². The Morgan fingerprint density at radius 2 is 1.81 bits per heavy atom. The Labute approximate surface area is 97.9 Å². The molecule has 0 fully saturated rings. The maximum atomic E-state index is 11.3. The topological polar surface area (TPSA) is 59.6 Å². The van der Waals surface area contributed by atoms with Gasteiger partial charge in [0, 0.05) is 20.2 Å². The van der Waals surface area contributed by atoms with E-state index >= 15 is 0 Å². The van der Waals surface area contributed by atoms with Gasteiger partial charge in [0.25, 0.3) is 0 Å². The predicted octanol–water partition coefficient (Wildman–Crippen LogP) is 0.995. The molecule has 0 spiro atoms. The third-order valence-corrected chi connectivity index (χ3v) is 1.74. The summed E-state index contributed by atoms with van der Waals surface area (Å²) in [7, 11) is 1.63. The Morgan fingerprint density at radius 3 is 2.38 bits per heavy atom. The molecule has 0 aliphatic rings. The fourth-order valence-electron chi connectivity index (χ4n) is 0.889. The first kappa shape index (κ1) is 15.2. The zero-order valence-corrected chi connectivity index (χ0v) is 10.8. The van der Waals surface area contributed by atoms with Crippen LogP contribution in [0, 0.1) is 5.41 Å². The van der Waals surface area contributed by atoms with Crippen LogP contribution in [0.1, 0.15) is 20.8 Å². The lowest BCUT2D eigenvalue weighted by Gasteiger charge is -2.18. The van der Waals surface area contributed by atoms with Crippen LogP contribution in [0.4, 0.5) is 4.79 Å². The first-order chi connectivity index (χ1) is 7.45. The maximum Gasteiger partial charge on any atom is 0.314 e. The van der Waals surface area contributed by atoms with Crippen molar-refractivity contribution in [3.8, 4) is 0 Å². The Morgan fingerprint density at radius 1 is 1.12 bits per heavy atom. The van der Waals surface area contributed by atoms with E-state index in [4.69, 9.17) is 9.47 Å². The highest BCUT2D eigenvalue weighted by atomic mass is 16.5. The van der Waals surface area contributed by atoms with Crippen LogP contribution in [0.5, 0.6) is 0 Å². The van der Waals surface area contributed by atoms with Gasteiger partial charge in [-0.3, -0.25) is 0 Å². The number of carbonyl (C=O) groups excluding carboxylic acids is 1. The maximum absolute atomic E-state index is 11.3. The summed E-state index contributed by atoms with van der Waals surface area (Å²) in [6.45, 7) is 9.02. The van der Waals surface area contributed by atoms with E-state index in [0.29, 0.717) is 32.9 Å². The Kier molecular flexibility index (Phi) is 7.93. The monoisotopic (exact) mass is 232 g/mol. The molecule has 0 rings (SSSR count). The SMILES string of the molecule is COCCOCCNC(=O)NCC(C)(C)C. The Balaban J connectivity index is 3.31. The number of hydrogen-bond donors (Lipinski definition) is 2. The van der Waals surface area contributed by atoms with Crippen molar-refractivity contribution in [3.05, 3.63) is 0 Å². The van der Waals surface area contributed by atoms with E-state index in [-0.39, 0.29) is 11.4 Å². The molecule has 0 saturated carbocycles. The molecular weight excluding hydrogens is 208 g/mol. The molecule has 0 aromatic heterocycles. The smallest absolute Gasteiger partial charge is 0.314 e. The number of rotatable bonds is 7. The second kappa shape index (κ2) is 8.35. The summed E-state index contributed by atoms with van der Waals surface area (Å²) in [6.07, 6.45) is 0. The predicted molar refractivity (Wildman–Crippen MR) is 63.6 cm³/mol. The number of ether oxygens (including phenoxy) is 2. The summed E-state index contributed by atoms with van der Waals surface area (Å²) in [5, 5.41) is 5.51. The third-order valence-electron chi connectivity index (χ3n) is 1.74. The number of methoxy groups -OCH3 is 1. The van der Waals surface area contributed by atoms with Gasteiger partial charge in [0.2, 0.25) is 0 Å². The summed E-state index contributed by atoms with van der Waals surface area (Å²) in [5.41, 5.74) is 0.103. The zero-order valence-electron chi connectivity index (χ0n) is 10.8. The van der Waals surface area contributed by atoms with Gasteiger partial charge in [-0.2, -0.15) is 0 Å². The minimum Gasteiger partial charge on any atom is -0.382 e. The highest BCUT2D eigenvalue weighted by molar-refractivity contribution is 5.73. The molecule has 0 bridgehead atoms. The normalized spacial score (nSPS) is 11.2. The molecule has 0 aromatic rings. The number of carbonyl (C=O) groups is 1. The molecule has 96 valence electrons. The minimum absolute atomic E-state index is 0.103. The van der Waals surface area contributed by atoms with Gasteiger partial charge < -0.3 is 20.1 Å². The fraction of sp³-hybridized carbons (Fsp3) is 0.909. The fourth-order valence-corrected chi connectivity index (χ4v) is 0.889. The van der Waals surface area contributed by atoms with Crippen LogP contribution >= 0.6 is 0 Å². The standard InChI is InChI=1S/C11H24N2O3/c1-11(2,3)9-13-10(14)12-5-6-16-8-7-15-4/h5-9H2,1-4H3,(H2,12,13,14). The van der Waals surface area contributed by atoms with E-state index in [2.05, 4.69) is 31.4 Å². The Hall–Kier alpha value is -0.810. The average molecular weight is 232 g/mol. The number of hydrogen-bond acceptors (Lipinski definition) is 3. The second-order valence-electron chi connectivity index (χ2n) is 4.78. The van der Waals surface area contributed by atoms with Gasteiger partial charge in [-0.1, -0.05) is 20.8 Å². The van der Waals surface area contributed by atoms with Gasteiger partial charge in [0.15, 0.2) is 0 Å². The molecule has 0 aliphatic carbocycles. The number of nitrogens with one attached hydrogen (secondary N) is 2. The van der Waals surface area contributed by atoms with Gasteiger partial charge in [0.05, 0.1) is 19.8 Å². The van der Waals surface area contributed by atoms with Crippen molar-refractivity contribution in [1.82, 2.24) is 10.6 Å². The van der Waals surface area contributed by atoms with Crippen LogP contribution in [0.2, 0.25) is 0 Å². The number of amides is 2. The molecule has 0 unspecified atom stereocenters. The number of urea groups is 1. The zero-order chi connectivity index (χ0) is 12.4. The summed E-state index contributed by atoms with van der Waals surface area (Å²) in [6, 6.07) is -0.148. The van der Waals surface area contributed by atoms with Crippen molar-refractivity contribution in [1.29, 1.82) is 0 Å². The Bertz CT molecular complexity index is 190. The van der Waals surface area contributed by atoms with Crippen LogP contribution in [0.25, 0.3) is 0 Å². The molecule has 2 amide bonds. The lowest BCUT2D eigenvalue weighted by Crippen LogP contribution is -2.41. The van der Waals surface area contributed by atoms with Crippen LogP contribution < -0.4 is 10.6 Å². The van der Waals surface area contributed by atoms with Gasteiger partial charge in [-0.25, -0.2) is 4.79 Å². The van der Waals surface area contributed by atoms with Crippen molar-refractivity contribution >= 4 is 6.03 Å². The van der Waals surface area contributed by atoms with Crippen molar-refractivity contribution < 1.29 is 14.3 Å². The van der Waals surface area contributed by atoms with Gasteiger partial charge in [-0.15, -0.1) is 0 Å². The highest BCUT2D eigenvalue weighted by Crippen LogP contribution is 2.09. The summed E-state index contributed by atoms with van der Waals surface area (Å²) in [4.78, 5) is 11.3. The van der Waals surface area contributed by atoms with E-state index in [1.807, 2.05) is 0 Å². The molecule has 0 atom stereocenters. The van der Waals surface area contributed by atoms with E-state index in [0.717, 1.165) is 0 Å². The van der Waals surface area contributed by atoms with Crippen molar-refractivity contribution in [3.63, 3.8) is 0 Å². The first-order valence-electron chi connectivity index (χ1n) is 5.54. The minimum atomic E-state index is -0.148. The summed E-state index contributed by atoms with van der Waals surface area (Å²) >= 11 is 0. The molecule has 0 heterocycles. The lowest BCUT2D eigenvalue weighted by atomic mass is 9.97. The van der Waals surface area contributed by atoms with Gasteiger partial charge >= 0.3 is 6.03 Å². The quantitative estimate of drug-likeness (QED) is 0.644. The van der Waals surface area contributed by atoms with Crippen LogP contribution in [-0.4, -0.2) is 46.1 Å². The molecule has 0 radical (unpaired) electrons. The van der Waals surface area contributed by atoms with Gasteiger partial charge in [0.1, 0.15) is 0 Å². The van der Waals surface area contributed by atoms with E-state index in [9.17, 15) is 4.79 Å². The van der Waals surface area contributed by atoms with Crippen molar-refractivity contribution in [2.75, 3.05) is 40.0 Å². The molecule has 5 nitrogen and oxygen atoms in total. The average Bonchev–Trinajstić information content (AvgIpc) is 2.19. The molecule has 5 heteroatoms. The molecule has 0 aromatic carbocycles. The van der Waals surface area contributed by atoms with Crippen molar-refractivity contribution in [2.24, 2.45) is 5.41 Å². The molecule has 16 heavy (non-hydrogen) atoms. The van der Waals surface area contributed by atoms with Crippen LogP contribution in [0.3, 0.4) is 0 Å². The highest BCUT2D eigenvalue weighted by Gasteiger charge is 2.11. The van der Waals surface area contributed by atoms with E-state index < -0.39 is 0 Å². The molecule has 0 saturated heterocycles. The van der Waals surface area contributed by atoms with E-state index in [1.54, 1.807) is 7.11 Å². The molecular formula is C11H24N2O3. The molecule has 2 N–H and O–H groups in total.